The maximum atomic E-state index is 11.5. The molecule has 1 rings (SSSR count). The predicted octanol–water partition coefficient (Wildman–Crippen LogP) is 2.54. The van der Waals surface area contributed by atoms with Crippen LogP contribution in [0.4, 0.5) is 5.69 Å². The molecule has 0 saturated heterocycles. The summed E-state index contributed by atoms with van der Waals surface area (Å²) in [6.07, 6.45) is 0.686. The molecule has 0 aliphatic heterocycles. The quantitative estimate of drug-likeness (QED) is 0.849. The van der Waals surface area contributed by atoms with Crippen molar-refractivity contribution in [3.05, 3.63) is 29.3 Å². The van der Waals surface area contributed by atoms with Crippen LogP contribution in [0, 0.1) is 13.8 Å². The van der Waals surface area contributed by atoms with E-state index in [-0.39, 0.29) is 11.5 Å². The highest BCUT2D eigenvalue weighted by atomic mass is 32.2. The van der Waals surface area contributed by atoms with Gasteiger partial charge in [-0.2, -0.15) is 0 Å². The molecule has 0 spiro atoms. The molecule has 0 aliphatic rings. The van der Waals surface area contributed by atoms with Crippen molar-refractivity contribution >= 4 is 15.5 Å². The molecule has 0 atom stereocenters. The van der Waals surface area contributed by atoms with Gasteiger partial charge in [0, 0.05) is 18.0 Å². The monoisotopic (exact) mass is 255 g/mol. The lowest BCUT2D eigenvalue weighted by Crippen LogP contribution is -2.18. The normalized spacial score (nSPS) is 11.5. The van der Waals surface area contributed by atoms with Gasteiger partial charge in [0.1, 0.15) is 0 Å². The molecule has 3 nitrogen and oxygen atoms in total. The smallest absolute Gasteiger partial charge is 0.152 e. The fourth-order valence-corrected chi connectivity index (χ4v) is 2.92. The van der Waals surface area contributed by atoms with Gasteiger partial charge >= 0.3 is 0 Å². The average molecular weight is 255 g/mol. The van der Waals surface area contributed by atoms with Crippen molar-refractivity contribution in [1.82, 2.24) is 0 Å². The Hall–Kier alpha value is -1.03. The first kappa shape index (κ1) is 14.0. The van der Waals surface area contributed by atoms with Crippen molar-refractivity contribution in [1.29, 1.82) is 0 Å². The van der Waals surface area contributed by atoms with Crippen molar-refractivity contribution in [3.8, 4) is 0 Å². The number of nitrogens with one attached hydrogen (secondary N) is 1. The molecule has 1 aromatic rings. The van der Waals surface area contributed by atoms with Crippen LogP contribution in [0.3, 0.4) is 0 Å². The lowest BCUT2D eigenvalue weighted by molar-refractivity contribution is 0.595. The highest BCUT2D eigenvalue weighted by Gasteiger charge is 2.08. The first-order chi connectivity index (χ1) is 7.94. The molecule has 0 radical (unpaired) electrons. The van der Waals surface area contributed by atoms with E-state index in [1.807, 2.05) is 39.0 Å². The van der Waals surface area contributed by atoms with Gasteiger partial charge < -0.3 is 5.32 Å². The van der Waals surface area contributed by atoms with Gasteiger partial charge in [-0.15, -0.1) is 0 Å². The second-order valence-electron chi connectivity index (χ2n) is 4.40. The number of sulfone groups is 1. The van der Waals surface area contributed by atoms with Crippen LogP contribution in [-0.4, -0.2) is 26.5 Å². The number of benzene rings is 1. The Bertz CT molecular complexity index is 466. The van der Waals surface area contributed by atoms with E-state index in [1.165, 1.54) is 5.56 Å². The van der Waals surface area contributed by atoms with Crippen molar-refractivity contribution in [2.24, 2.45) is 0 Å². The third-order valence-corrected chi connectivity index (χ3v) is 4.49. The minimum atomic E-state index is -2.89. The summed E-state index contributed by atoms with van der Waals surface area (Å²) in [6.45, 7) is 6.41. The number of hydrogen-bond acceptors (Lipinski definition) is 3. The molecule has 0 aromatic heterocycles. The summed E-state index contributed by atoms with van der Waals surface area (Å²) in [5, 5.41) is 3.19. The van der Waals surface area contributed by atoms with Crippen molar-refractivity contribution in [3.63, 3.8) is 0 Å². The van der Waals surface area contributed by atoms with E-state index in [9.17, 15) is 8.42 Å². The Morgan fingerprint density at radius 1 is 1.18 bits per heavy atom. The SMILES string of the molecule is CCCS(=O)(=O)CCNc1cc(C)ccc1C. The van der Waals surface area contributed by atoms with Crippen molar-refractivity contribution in [2.75, 3.05) is 23.4 Å². The summed E-state index contributed by atoms with van der Waals surface area (Å²) >= 11 is 0. The van der Waals surface area contributed by atoms with E-state index in [2.05, 4.69) is 5.32 Å². The maximum absolute atomic E-state index is 11.5. The minimum Gasteiger partial charge on any atom is -0.384 e. The lowest BCUT2D eigenvalue weighted by Gasteiger charge is -2.10. The number of rotatable bonds is 6. The zero-order chi connectivity index (χ0) is 12.9. The summed E-state index contributed by atoms with van der Waals surface area (Å²) in [6, 6.07) is 6.13. The number of anilines is 1. The molecule has 0 unspecified atom stereocenters. The van der Waals surface area contributed by atoms with Gasteiger partial charge in [-0.3, -0.25) is 0 Å². The van der Waals surface area contributed by atoms with Gasteiger partial charge in [0.25, 0.3) is 0 Å². The highest BCUT2D eigenvalue weighted by Crippen LogP contribution is 2.15. The standard InChI is InChI=1S/C13H21NO2S/c1-4-8-17(15,16)9-7-14-13-10-11(2)5-6-12(13)3/h5-6,10,14H,4,7-9H2,1-3H3. The summed E-state index contributed by atoms with van der Waals surface area (Å²) in [7, 11) is -2.89. The Kier molecular flexibility index (Phi) is 5.00. The number of hydrogen-bond donors (Lipinski definition) is 1. The summed E-state index contributed by atoms with van der Waals surface area (Å²) in [5.41, 5.74) is 3.34. The largest absolute Gasteiger partial charge is 0.384 e. The van der Waals surface area contributed by atoms with Gasteiger partial charge in [0.2, 0.25) is 0 Å². The van der Waals surface area contributed by atoms with Crippen LogP contribution in [0.5, 0.6) is 0 Å². The van der Waals surface area contributed by atoms with Crippen LogP contribution in [0.25, 0.3) is 0 Å². The van der Waals surface area contributed by atoms with Crippen molar-refractivity contribution < 1.29 is 8.42 Å². The fourth-order valence-electron chi connectivity index (χ4n) is 1.68. The third-order valence-electron chi connectivity index (χ3n) is 2.64. The van der Waals surface area contributed by atoms with Gasteiger partial charge in [0.15, 0.2) is 9.84 Å². The predicted molar refractivity (Wildman–Crippen MR) is 73.4 cm³/mol. The zero-order valence-corrected chi connectivity index (χ0v) is 11.6. The minimum absolute atomic E-state index is 0.203. The Morgan fingerprint density at radius 2 is 1.88 bits per heavy atom. The Morgan fingerprint density at radius 3 is 2.53 bits per heavy atom. The molecule has 1 aromatic carbocycles. The topological polar surface area (TPSA) is 46.2 Å². The van der Waals surface area contributed by atoms with Crippen LogP contribution in [0.1, 0.15) is 24.5 Å². The van der Waals surface area contributed by atoms with Gasteiger partial charge in [-0.05, 0) is 37.5 Å². The average Bonchev–Trinajstić information content (AvgIpc) is 2.23. The Labute approximate surface area is 104 Å². The van der Waals surface area contributed by atoms with Gasteiger partial charge in [-0.25, -0.2) is 8.42 Å². The first-order valence-electron chi connectivity index (χ1n) is 5.96. The van der Waals surface area contributed by atoms with E-state index in [4.69, 9.17) is 0 Å². The van der Waals surface area contributed by atoms with Crippen LogP contribution < -0.4 is 5.32 Å². The van der Waals surface area contributed by atoms with Crippen LogP contribution in [0.15, 0.2) is 18.2 Å². The van der Waals surface area contributed by atoms with Crippen LogP contribution in [0.2, 0.25) is 0 Å². The Balaban J connectivity index is 2.54. The second kappa shape index (κ2) is 6.05. The van der Waals surface area contributed by atoms with E-state index in [0.717, 1.165) is 11.3 Å². The van der Waals surface area contributed by atoms with Gasteiger partial charge in [-0.1, -0.05) is 19.1 Å². The first-order valence-corrected chi connectivity index (χ1v) is 7.78. The molecule has 0 amide bonds. The molecule has 0 aliphatic carbocycles. The maximum Gasteiger partial charge on any atom is 0.152 e. The lowest BCUT2D eigenvalue weighted by atomic mass is 10.1. The van der Waals surface area contributed by atoms with E-state index in [0.29, 0.717) is 13.0 Å². The fraction of sp³-hybridized carbons (Fsp3) is 0.538. The second-order valence-corrected chi connectivity index (χ2v) is 6.70. The molecule has 17 heavy (non-hydrogen) atoms. The van der Waals surface area contributed by atoms with E-state index >= 15 is 0 Å². The van der Waals surface area contributed by atoms with Crippen LogP contribution >= 0.6 is 0 Å². The van der Waals surface area contributed by atoms with Crippen molar-refractivity contribution in [2.45, 2.75) is 27.2 Å². The molecular formula is C13H21NO2S. The van der Waals surface area contributed by atoms with E-state index < -0.39 is 9.84 Å². The molecule has 96 valence electrons. The molecule has 0 saturated carbocycles. The molecule has 0 heterocycles. The molecule has 0 fully saturated rings. The molecule has 4 heteroatoms. The van der Waals surface area contributed by atoms with E-state index in [1.54, 1.807) is 0 Å². The summed E-state index contributed by atoms with van der Waals surface area (Å²) in [5.74, 6) is 0.482. The third kappa shape index (κ3) is 4.77. The highest BCUT2D eigenvalue weighted by molar-refractivity contribution is 7.91. The van der Waals surface area contributed by atoms with Crippen LogP contribution in [-0.2, 0) is 9.84 Å². The zero-order valence-electron chi connectivity index (χ0n) is 10.8. The van der Waals surface area contributed by atoms with Gasteiger partial charge in [0.05, 0.1) is 5.75 Å². The molecular weight excluding hydrogens is 234 g/mol. The number of aryl methyl sites for hydroxylation is 2. The molecule has 0 bridgehead atoms. The summed E-state index contributed by atoms with van der Waals surface area (Å²) < 4.78 is 23.1. The molecule has 1 N–H and O–H groups in total. The summed E-state index contributed by atoms with van der Waals surface area (Å²) in [4.78, 5) is 0.